The molecule has 0 radical (unpaired) electrons. The topological polar surface area (TPSA) is 56.3 Å². The van der Waals surface area contributed by atoms with Gasteiger partial charge in [-0.15, -0.1) is 0 Å². The van der Waals surface area contributed by atoms with E-state index in [0.717, 1.165) is 6.20 Å². The van der Waals surface area contributed by atoms with Gasteiger partial charge in [-0.25, -0.2) is 17.2 Å². The second kappa shape index (κ2) is 4.50. The molecule has 0 aliphatic rings. The summed E-state index contributed by atoms with van der Waals surface area (Å²) in [6.45, 7) is 1.29. The minimum Gasteiger partial charge on any atom is -0.495 e. The molecule has 1 rings (SSSR count). The highest BCUT2D eigenvalue weighted by molar-refractivity contribution is 8.13. The first-order valence-electron chi connectivity index (χ1n) is 4.05. The number of hydrogen-bond donors (Lipinski definition) is 0. The highest BCUT2D eigenvalue weighted by atomic mass is 35.7. The zero-order chi connectivity index (χ0) is 12.5. The first kappa shape index (κ1) is 13.1. The van der Waals surface area contributed by atoms with Crippen LogP contribution in [0.25, 0.3) is 0 Å². The van der Waals surface area contributed by atoms with Crippen LogP contribution in [0.5, 0.6) is 5.75 Å². The van der Waals surface area contributed by atoms with E-state index >= 15 is 0 Å². The number of nitrogens with zero attached hydrogens (tertiary/aromatic N) is 1. The zero-order valence-corrected chi connectivity index (χ0v) is 9.94. The molecule has 0 saturated heterocycles. The summed E-state index contributed by atoms with van der Waals surface area (Å²) in [6.07, 6.45) is -2.05. The van der Waals surface area contributed by atoms with E-state index in [-0.39, 0.29) is 11.3 Å². The number of methoxy groups -OCH3 is 1. The number of alkyl halides is 2. The summed E-state index contributed by atoms with van der Waals surface area (Å²) in [7, 11) is 2.21. The number of hydrogen-bond acceptors (Lipinski definition) is 4. The van der Waals surface area contributed by atoms with Crippen molar-refractivity contribution in [3.8, 4) is 5.75 Å². The Hall–Kier alpha value is -0.950. The van der Waals surface area contributed by atoms with Gasteiger partial charge in [0.15, 0.2) is 0 Å². The molecular weight excluding hydrogens is 264 g/mol. The predicted octanol–water partition coefficient (Wildman–Crippen LogP) is 2.26. The molecule has 0 fully saturated rings. The number of aromatic nitrogens is 1. The third-order valence-electron chi connectivity index (χ3n) is 1.94. The van der Waals surface area contributed by atoms with Crippen molar-refractivity contribution < 1.29 is 21.9 Å². The molecule has 0 spiro atoms. The predicted molar refractivity (Wildman–Crippen MR) is 53.5 cm³/mol. The molecule has 0 aliphatic heterocycles. The quantitative estimate of drug-likeness (QED) is 0.792. The van der Waals surface area contributed by atoms with Crippen molar-refractivity contribution in [3.63, 3.8) is 0 Å². The van der Waals surface area contributed by atoms with Gasteiger partial charge in [-0.1, -0.05) is 0 Å². The molecule has 8 heteroatoms. The number of halogens is 3. The lowest BCUT2D eigenvalue weighted by Crippen LogP contribution is -2.04. The lowest BCUT2D eigenvalue weighted by Gasteiger charge is -2.11. The van der Waals surface area contributed by atoms with E-state index in [1.54, 1.807) is 0 Å². The Morgan fingerprint density at radius 1 is 1.50 bits per heavy atom. The average Bonchev–Trinajstić information content (AvgIpc) is 2.15. The lowest BCUT2D eigenvalue weighted by atomic mass is 10.2. The van der Waals surface area contributed by atoms with Crippen LogP contribution in [0.2, 0.25) is 0 Å². The van der Waals surface area contributed by atoms with E-state index in [4.69, 9.17) is 15.4 Å². The zero-order valence-electron chi connectivity index (χ0n) is 8.37. The van der Waals surface area contributed by atoms with Gasteiger partial charge in [-0.05, 0) is 6.92 Å². The lowest BCUT2D eigenvalue weighted by molar-refractivity contribution is 0.144. The van der Waals surface area contributed by atoms with Crippen LogP contribution in [0.1, 0.15) is 17.7 Å². The number of rotatable bonds is 3. The molecule has 1 aromatic rings. The first-order valence-corrected chi connectivity index (χ1v) is 6.36. The molecule has 0 N–H and O–H groups in total. The summed E-state index contributed by atoms with van der Waals surface area (Å²) in [5, 5.41) is 0. The summed E-state index contributed by atoms with van der Waals surface area (Å²) >= 11 is 0. The molecule has 0 saturated carbocycles. The summed E-state index contributed by atoms with van der Waals surface area (Å²) < 4.78 is 51.9. The van der Waals surface area contributed by atoms with Gasteiger partial charge in [0, 0.05) is 16.2 Å². The fourth-order valence-corrected chi connectivity index (χ4v) is 2.20. The van der Waals surface area contributed by atoms with Crippen molar-refractivity contribution in [1.82, 2.24) is 4.98 Å². The van der Waals surface area contributed by atoms with Crippen molar-refractivity contribution in [3.05, 3.63) is 17.5 Å². The van der Waals surface area contributed by atoms with Crippen LogP contribution >= 0.6 is 10.7 Å². The fourth-order valence-electron chi connectivity index (χ4n) is 1.23. The minimum atomic E-state index is -4.07. The molecule has 1 aromatic heterocycles. The maximum atomic E-state index is 12.5. The molecule has 0 unspecified atom stereocenters. The maximum absolute atomic E-state index is 12.5. The van der Waals surface area contributed by atoms with Gasteiger partial charge in [0.05, 0.1) is 13.3 Å². The average molecular weight is 272 g/mol. The van der Waals surface area contributed by atoms with Crippen molar-refractivity contribution in [2.24, 2.45) is 0 Å². The van der Waals surface area contributed by atoms with Crippen molar-refractivity contribution in [2.75, 3.05) is 7.11 Å². The second-order valence-corrected chi connectivity index (χ2v) is 5.44. The summed E-state index contributed by atoms with van der Waals surface area (Å²) in [5.74, 6) is -0.208. The van der Waals surface area contributed by atoms with Gasteiger partial charge >= 0.3 is 0 Å². The van der Waals surface area contributed by atoms with Gasteiger partial charge in [0.1, 0.15) is 16.3 Å². The van der Waals surface area contributed by atoms with Crippen molar-refractivity contribution in [1.29, 1.82) is 0 Å². The van der Waals surface area contributed by atoms with Gasteiger partial charge < -0.3 is 4.74 Å². The first-order chi connectivity index (χ1) is 7.29. The molecule has 90 valence electrons. The summed E-state index contributed by atoms with van der Waals surface area (Å²) in [4.78, 5) is 2.94. The third kappa shape index (κ3) is 2.41. The second-order valence-electron chi connectivity index (χ2n) is 2.90. The fraction of sp³-hybridized carbons (Fsp3) is 0.375. The Labute approximate surface area is 95.6 Å². The van der Waals surface area contributed by atoms with Gasteiger partial charge in [-0.2, -0.15) is 0 Å². The van der Waals surface area contributed by atoms with E-state index in [1.165, 1.54) is 14.0 Å². The smallest absolute Gasteiger partial charge is 0.280 e. The van der Waals surface area contributed by atoms with Crippen LogP contribution in [0, 0.1) is 6.92 Å². The Balaban J connectivity index is 3.54. The van der Waals surface area contributed by atoms with Gasteiger partial charge in [0.2, 0.25) is 0 Å². The Morgan fingerprint density at radius 2 is 2.06 bits per heavy atom. The summed E-state index contributed by atoms with van der Waals surface area (Å²) in [5.41, 5.74) is -0.569. The molecule has 1 heterocycles. The van der Waals surface area contributed by atoms with E-state index in [2.05, 4.69) is 4.98 Å². The molecule has 0 aliphatic carbocycles. The molecule has 4 nitrogen and oxygen atoms in total. The van der Waals surface area contributed by atoms with E-state index in [0.29, 0.717) is 0 Å². The van der Waals surface area contributed by atoms with Crippen LogP contribution in [-0.4, -0.2) is 20.5 Å². The van der Waals surface area contributed by atoms with Crippen LogP contribution in [0.15, 0.2) is 11.1 Å². The third-order valence-corrected chi connectivity index (χ3v) is 3.26. The van der Waals surface area contributed by atoms with Crippen LogP contribution in [0.4, 0.5) is 8.78 Å². The van der Waals surface area contributed by atoms with Crippen LogP contribution in [0.3, 0.4) is 0 Å². The van der Waals surface area contributed by atoms with E-state index < -0.39 is 26.1 Å². The minimum absolute atomic E-state index is 0.0424. The Kier molecular flexibility index (Phi) is 3.69. The van der Waals surface area contributed by atoms with E-state index in [9.17, 15) is 17.2 Å². The number of pyridine rings is 1. The Bertz CT molecular complexity index is 504. The Morgan fingerprint density at radius 3 is 2.44 bits per heavy atom. The molecular formula is C8H8ClF2NO3S. The van der Waals surface area contributed by atoms with Crippen LogP contribution in [-0.2, 0) is 9.05 Å². The van der Waals surface area contributed by atoms with Crippen molar-refractivity contribution >= 4 is 19.7 Å². The highest BCUT2D eigenvalue weighted by Gasteiger charge is 2.24. The number of ether oxygens (including phenoxy) is 1. The maximum Gasteiger partial charge on any atom is 0.280 e. The van der Waals surface area contributed by atoms with Crippen molar-refractivity contribution in [2.45, 2.75) is 18.2 Å². The molecule has 0 amide bonds. The molecule has 0 aromatic carbocycles. The SMILES string of the molecule is COc1c(S(=O)(=O)Cl)cnc(C(F)F)c1C. The standard InChI is InChI=1S/C8H8ClF2NO3S/c1-4-6(8(10)11)12-3-5(7(4)15-2)16(9,13)14/h3,8H,1-2H3. The molecule has 0 bridgehead atoms. The van der Waals surface area contributed by atoms with Crippen LogP contribution < -0.4 is 4.74 Å². The van der Waals surface area contributed by atoms with Gasteiger partial charge in [-0.3, -0.25) is 4.98 Å². The van der Waals surface area contributed by atoms with Gasteiger partial charge in [0.25, 0.3) is 15.5 Å². The van der Waals surface area contributed by atoms with E-state index in [1.807, 2.05) is 0 Å². The normalized spacial score (nSPS) is 11.9. The molecule has 16 heavy (non-hydrogen) atoms. The largest absolute Gasteiger partial charge is 0.495 e. The monoisotopic (exact) mass is 271 g/mol. The summed E-state index contributed by atoms with van der Waals surface area (Å²) in [6, 6.07) is 0. The highest BCUT2D eigenvalue weighted by Crippen LogP contribution is 2.34. The molecule has 0 atom stereocenters.